The standard InChI is InChI=1S/C20H18F3N5O2/c1-12(2)30-19(29)17(15-7-24-10-25-8-15)9-28-11-26-18(27-28)14-4-13(3)5-16(6-14)20(21,22)23/h4-12H,1-3H3/b17-9+. The fraction of sp³-hybridized carbons (Fsp3) is 0.250. The number of nitrogens with zero attached hydrogens (tertiary/aromatic N) is 5. The number of aryl methyl sites for hydroxylation is 1. The third kappa shape index (κ3) is 5.07. The highest BCUT2D eigenvalue weighted by Gasteiger charge is 2.31. The molecule has 0 aliphatic rings. The van der Waals surface area contributed by atoms with Crippen LogP contribution in [0.4, 0.5) is 13.2 Å². The van der Waals surface area contributed by atoms with E-state index < -0.39 is 17.7 Å². The lowest BCUT2D eigenvalue weighted by atomic mass is 10.1. The summed E-state index contributed by atoms with van der Waals surface area (Å²) in [6.45, 7) is 4.98. The van der Waals surface area contributed by atoms with Crippen LogP contribution in [0.3, 0.4) is 0 Å². The first-order chi connectivity index (χ1) is 14.1. The smallest absolute Gasteiger partial charge is 0.416 e. The predicted octanol–water partition coefficient (Wildman–Crippen LogP) is 4.01. The number of hydrogen-bond acceptors (Lipinski definition) is 6. The molecule has 3 rings (SSSR count). The minimum Gasteiger partial charge on any atom is -0.459 e. The minimum absolute atomic E-state index is 0.0846. The van der Waals surface area contributed by atoms with E-state index in [9.17, 15) is 18.0 Å². The number of alkyl halides is 3. The molecular weight excluding hydrogens is 399 g/mol. The van der Waals surface area contributed by atoms with Gasteiger partial charge in [0.25, 0.3) is 0 Å². The van der Waals surface area contributed by atoms with E-state index in [1.54, 1.807) is 26.8 Å². The lowest BCUT2D eigenvalue weighted by molar-refractivity contribution is -0.140. The van der Waals surface area contributed by atoms with Gasteiger partial charge in [-0.2, -0.15) is 13.2 Å². The van der Waals surface area contributed by atoms with Crippen LogP contribution in [0.2, 0.25) is 0 Å². The highest BCUT2D eigenvalue weighted by Crippen LogP contribution is 2.32. The normalized spacial score (nSPS) is 12.3. The van der Waals surface area contributed by atoms with Crippen molar-refractivity contribution in [1.29, 1.82) is 0 Å². The van der Waals surface area contributed by atoms with Crippen molar-refractivity contribution < 1.29 is 22.7 Å². The fourth-order valence-corrected chi connectivity index (χ4v) is 2.64. The van der Waals surface area contributed by atoms with Crippen molar-refractivity contribution in [3.8, 4) is 11.4 Å². The maximum atomic E-state index is 13.1. The molecular formula is C20H18F3N5O2. The van der Waals surface area contributed by atoms with Crippen LogP contribution in [0.25, 0.3) is 23.2 Å². The summed E-state index contributed by atoms with van der Waals surface area (Å²) in [6, 6.07) is 3.59. The summed E-state index contributed by atoms with van der Waals surface area (Å²) in [5, 5.41) is 4.18. The minimum atomic E-state index is -4.48. The Morgan fingerprint density at radius 2 is 1.87 bits per heavy atom. The Labute approximate surface area is 170 Å². The van der Waals surface area contributed by atoms with Gasteiger partial charge >= 0.3 is 12.1 Å². The molecule has 0 saturated carbocycles. The molecule has 0 saturated heterocycles. The van der Waals surface area contributed by atoms with Gasteiger partial charge in [0.15, 0.2) is 5.82 Å². The van der Waals surface area contributed by atoms with Crippen molar-refractivity contribution in [2.24, 2.45) is 0 Å². The van der Waals surface area contributed by atoms with Crippen LogP contribution in [0.15, 0.2) is 43.2 Å². The zero-order valence-corrected chi connectivity index (χ0v) is 16.4. The van der Waals surface area contributed by atoms with Gasteiger partial charge in [-0.1, -0.05) is 0 Å². The summed E-state index contributed by atoms with van der Waals surface area (Å²) in [5.74, 6) is -0.534. The van der Waals surface area contributed by atoms with Gasteiger partial charge in [-0.3, -0.25) is 0 Å². The lowest BCUT2D eigenvalue weighted by Gasteiger charge is -2.10. The SMILES string of the molecule is Cc1cc(-c2ncn(/C=C(/C(=O)OC(C)C)c3cncnc3)n2)cc(C(F)(F)F)c1. The van der Waals surface area contributed by atoms with Gasteiger partial charge in [-0.25, -0.2) is 24.4 Å². The van der Waals surface area contributed by atoms with Gasteiger partial charge < -0.3 is 4.74 Å². The number of carbonyl (C=O) groups is 1. The molecule has 3 aromatic rings. The molecule has 0 spiro atoms. The number of esters is 1. The van der Waals surface area contributed by atoms with Gasteiger partial charge in [0.2, 0.25) is 0 Å². The maximum Gasteiger partial charge on any atom is 0.416 e. The van der Waals surface area contributed by atoms with E-state index in [2.05, 4.69) is 20.1 Å². The van der Waals surface area contributed by atoms with E-state index in [1.165, 1.54) is 35.9 Å². The number of carbonyl (C=O) groups excluding carboxylic acids is 1. The molecule has 1 aromatic carbocycles. The number of ether oxygens (including phenoxy) is 1. The highest BCUT2D eigenvalue weighted by atomic mass is 19.4. The predicted molar refractivity (Wildman–Crippen MR) is 103 cm³/mol. The topological polar surface area (TPSA) is 82.8 Å². The van der Waals surface area contributed by atoms with Gasteiger partial charge in [0.05, 0.1) is 17.2 Å². The quantitative estimate of drug-likeness (QED) is 0.461. The van der Waals surface area contributed by atoms with E-state index in [-0.39, 0.29) is 23.1 Å². The Morgan fingerprint density at radius 1 is 1.17 bits per heavy atom. The third-order valence-electron chi connectivity index (χ3n) is 3.87. The van der Waals surface area contributed by atoms with E-state index in [0.717, 1.165) is 12.1 Å². The second-order valence-corrected chi connectivity index (χ2v) is 6.76. The molecule has 0 amide bonds. The summed E-state index contributed by atoms with van der Waals surface area (Å²) < 4.78 is 45.8. The van der Waals surface area contributed by atoms with Crippen molar-refractivity contribution in [1.82, 2.24) is 24.7 Å². The second-order valence-electron chi connectivity index (χ2n) is 6.76. The molecule has 0 atom stereocenters. The Balaban J connectivity index is 2.00. The largest absolute Gasteiger partial charge is 0.459 e. The first kappa shape index (κ1) is 21.2. The van der Waals surface area contributed by atoms with Crippen molar-refractivity contribution >= 4 is 17.7 Å². The molecule has 0 bridgehead atoms. The highest BCUT2D eigenvalue weighted by molar-refractivity contribution is 6.20. The molecule has 0 fully saturated rings. The maximum absolute atomic E-state index is 13.1. The molecule has 2 aromatic heterocycles. The summed E-state index contributed by atoms with van der Waals surface area (Å²) in [4.78, 5) is 24.4. The summed E-state index contributed by atoms with van der Waals surface area (Å²) >= 11 is 0. The Hall–Kier alpha value is -3.56. The summed E-state index contributed by atoms with van der Waals surface area (Å²) in [5.41, 5.74) is 0.376. The molecule has 156 valence electrons. The number of aromatic nitrogens is 5. The fourth-order valence-electron chi connectivity index (χ4n) is 2.64. The van der Waals surface area contributed by atoms with Gasteiger partial charge in [-0.05, 0) is 44.5 Å². The molecule has 0 N–H and O–H groups in total. The van der Waals surface area contributed by atoms with E-state index in [0.29, 0.717) is 11.1 Å². The van der Waals surface area contributed by atoms with E-state index in [1.807, 2.05) is 0 Å². The van der Waals surface area contributed by atoms with Gasteiger partial charge in [-0.15, -0.1) is 5.10 Å². The van der Waals surface area contributed by atoms with Crippen LogP contribution < -0.4 is 0 Å². The zero-order valence-electron chi connectivity index (χ0n) is 16.4. The molecule has 10 heteroatoms. The number of benzene rings is 1. The van der Waals surface area contributed by atoms with Crippen LogP contribution in [-0.2, 0) is 15.7 Å². The van der Waals surface area contributed by atoms with Crippen molar-refractivity contribution in [3.05, 3.63) is 59.9 Å². The first-order valence-corrected chi connectivity index (χ1v) is 8.92. The molecule has 7 nitrogen and oxygen atoms in total. The molecule has 0 radical (unpaired) electrons. The summed E-state index contributed by atoms with van der Waals surface area (Å²) in [7, 11) is 0. The van der Waals surface area contributed by atoms with E-state index in [4.69, 9.17) is 4.74 Å². The van der Waals surface area contributed by atoms with Crippen molar-refractivity contribution in [3.63, 3.8) is 0 Å². The first-order valence-electron chi connectivity index (χ1n) is 8.92. The van der Waals surface area contributed by atoms with Gasteiger partial charge in [0, 0.05) is 29.7 Å². The van der Waals surface area contributed by atoms with Crippen LogP contribution in [0.5, 0.6) is 0 Å². The number of halogens is 3. The average molecular weight is 417 g/mol. The number of hydrogen-bond donors (Lipinski definition) is 0. The Kier molecular flexibility index (Phi) is 5.95. The van der Waals surface area contributed by atoms with Crippen LogP contribution >= 0.6 is 0 Å². The molecule has 0 aliphatic heterocycles. The zero-order chi connectivity index (χ0) is 21.9. The molecule has 0 unspecified atom stereocenters. The summed E-state index contributed by atoms with van der Waals surface area (Å²) in [6.07, 6.45) is 2.01. The second kappa shape index (κ2) is 8.44. The Morgan fingerprint density at radius 3 is 2.50 bits per heavy atom. The monoisotopic (exact) mass is 417 g/mol. The average Bonchev–Trinajstić information content (AvgIpc) is 3.14. The number of rotatable bonds is 5. The van der Waals surface area contributed by atoms with E-state index >= 15 is 0 Å². The third-order valence-corrected chi connectivity index (χ3v) is 3.87. The lowest BCUT2D eigenvalue weighted by Crippen LogP contribution is -2.14. The van der Waals surface area contributed by atoms with Gasteiger partial charge in [0.1, 0.15) is 12.7 Å². The van der Waals surface area contributed by atoms with Crippen molar-refractivity contribution in [2.45, 2.75) is 33.1 Å². The molecule has 0 aliphatic carbocycles. The van der Waals surface area contributed by atoms with Crippen molar-refractivity contribution in [2.75, 3.05) is 0 Å². The Bertz CT molecular complexity index is 1080. The molecule has 2 heterocycles. The van der Waals surface area contributed by atoms with Crippen LogP contribution in [-0.4, -0.2) is 36.8 Å². The molecule has 30 heavy (non-hydrogen) atoms. The van der Waals surface area contributed by atoms with Crippen LogP contribution in [0.1, 0.15) is 30.5 Å². The van der Waals surface area contributed by atoms with Crippen LogP contribution in [0, 0.1) is 6.92 Å².